The number of imide groups is 1. The Morgan fingerprint density at radius 3 is 2.20 bits per heavy atom. The highest BCUT2D eigenvalue weighted by atomic mass is 16.4. The van der Waals surface area contributed by atoms with Gasteiger partial charge < -0.3 is 10.0 Å². The molecule has 2 aromatic rings. The van der Waals surface area contributed by atoms with Crippen LogP contribution in [0.4, 0.5) is 0 Å². The van der Waals surface area contributed by atoms with E-state index in [0.717, 1.165) is 11.1 Å². The molecule has 1 saturated carbocycles. The molecule has 1 N–H and O–H groups in total. The van der Waals surface area contributed by atoms with Crippen LogP contribution in [0.15, 0.2) is 48.5 Å². The lowest BCUT2D eigenvalue weighted by Crippen LogP contribution is -2.47. The van der Waals surface area contributed by atoms with E-state index in [2.05, 4.69) is 0 Å². The van der Waals surface area contributed by atoms with Crippen molar-refractivity contribution in [3.8, 4) is 0 Å². The van der Waals surface area contributed by atoms with Gasteiger partial charge in [-0.15, -0.1) is 0 Å². The zero-order valence-corrected chi connectivity index (χ0v) is 16.2. The average molecular weight is 404 g/mol. The molecule has 0 spiro atoms. The number of carbonyl (C=O) groups excluding carboxylic acids is 3. The number of carbonyl (C=O) groups is 4. The molecule has 0 aromatic heterocycles. The van der Waals surface area contributed by atoms with Gasteiger partial charge in [0, 0.05) is 6.54 Å². The summed E-state index contributed by atoms with van der Waals surface area (Å²) in [5.41, 5.74) is 2.73. The second kappa shape index (κ2) is 6.79. The summed E-state index contributed by atoms with van der Waals surface area (Å²) in [5, 5.41) is 9.23. The van der Waals surface area contributed by atoms with E-state index < -0.39 is 23.8 Å². The molecule has 2 aliphatic heterocycles. The molecule has 5 rings (SSSR count). The largest absolute Gasteiger partial charge is 0.481 e. The molecule has 2 aromatic carbocycles. The van der Waals surface area contributed by atoms with Crippen LogP contribution in [-0.4, -0.2) is 51.7 Å². The highest BCUT2D eigenvalue weighted by molar-refractivity contribution is 6.21. The molecule has 2 heterocycles. The van der Waals surface area contributed by atoms with Crippen LogP contribution in [0.25, 0.3) is 0 Å². The number of amides is 3. The summed E-state index contributed by atoms with van der Waals surface area (Å²) in [7, 11) is 0. The number of rotatable bonds is 4. The molecule has 0 saturated heterocycles. The number of nitrogens with zero attached hydrogens (tertiary/aromatic N) is 2. The molecule has 3 atom stereocenters. The zero-order chi connectivity index (χ0) is 21.0. The minimum absolute atomic E-state index is 0.0551. The second-order valence-corrected chi connectivity index (χ2v) is 8.05. The molecule has 7 nitrogen and oxygen atoms in total. The van der Waals surface area contributed by atoms with Crippen molar-refractivity contribution in [1.29, 1.82) is 0 Å². The Morgan fingerprint density at radius 2 is 1.57 bits per heavy atom. The first-order chi connectivity index (χ1) is 14.5. The van der Waals surface area contributed by atoms with Gasteiger partial charge in [0.25, 0.3) is 11.8 Å². The van der Waals surface area contributed by atoms with Gasteiger partial charge in [-0.3, -0.25) is 24.1 Å². The first kappa shape index (κ1) is 18.5. The molecule has 0 radical (unpaired) electrons. The Balaban J connectivity index is 1.47. The van der Waals surface area contributed by atoms with Crippen LogP contribution >= 0.6 is 0 Å². The van der Waals surface area contributed by atoms with E-state index in [-0.39, 0.29) is 24.3 Å². The Morgan fingerprint density at radius 1 is 0.933 bits per heavy atom. The Kier molecular flexibility index (Phi) is 4.20. The molecule has 30 heavy (non-hydrogen) atoms. The van der Waals surface area contributed by atoms with Gasteiger partial charge in [-0.2, -0.15) is 0 Å². The van der Waals surface area contributed by atoms with Crippen LogP contribution in [0.3, 0.4) is 0 Å². The summed E-state index contributed by atoms with van der Waals surface area (Å²) in [6.45, 7) is 0.492. The number of hydrogen-bond donors (Lipinski definition) is 1. The van der Waals surface area contributed by atoms with Crippen LogP contribution in [0.2, 0.25) is 0 Å². The summed E-state index contributed by atoms with van der Waals surface area (Å²) in [4.78, 5) is 53.0. The highest BCUT2D eigenvalue weighted by Gasteiger charge is 2.51. The van der Waals surface area contributed by atoms with Crippen molar-refractivity contribution >= 4 is 23.7 Å². The van der Waals surface area contributed by atoms with Crippen LogP contribution in [0, 0.1) is 11.8 Å². The lowest BCUT2D eigenvalue weighted by molar-refractivity contribution is -0.143. The molecule has 1 aliphatic carbocycles. The number of benzene rings is 2. The summed E-state index contributed by atoms with van der Waals surface area (Å²) in [5.74, 6) is -3.06. The minimum atomic E-state index is -0.956. The van der Waals surface area contributed by atoms with Crippen molar-refractivity contribution in [3.05, 3.63) is 70.8 Å². The molecule has 1 fully saturated rings. The maximum absolute atomic E-state index is 13.1. The quantitative estimate of drug-likeness (QED) is 0.788. The van der Waals surface area contributed by atoms with E-state index in [1.54, 1.807) is 29.2 Å². The van der Waals surface area contributed by atoms with Gasteiger partial charge in [-0.05, 0) is 36.1 Å². The van der Waals surface area contributed by atoms with Gasteiger partial charge >= 0.3 is 5.97 Å². The van der Waals surface area contributed by atoms with Crippen LogP contribution in [0.1, 0.15) is 44.3 Å². The predicted octanol–water partition coefficient (Wildman–Crippen LogP) is 2.13. The van der Waals surface area contributed by atoms with Gasteiger partial charge in [0.15, 0.2) is 0 Å². The second-order valence-electron chi connectivity index (χ2n) is 8.05. The lowest BCUT2D eigenvalue weighted by atomic mass is 9.91. The number of carboxylic acid groups (broad SMARTS) is 1. The van der Waals surface area contributed by atoms with Crippen molar-refractivity contribution in [2.75, 3.05) is 13.1 Å². The molecule has 2 unspecified atom stereocenters. The molecule has 0 bridgehead atoms. The van der Waals surface area contributed by atoms with Gasteiger partial charge in [0.2, 0.25) is 5.91 Å². The summed E-state index contributed by atoms with van der Waals surface area (Å²) < 4.78 is 0. The molecule has 152 valence electrons. The number of fused-ring (bicyclic) bond motifs is 2. The molecular formula is C23H20N2O5. The van der Waals surface area contributed by atoms with E-state index in [1.807, 2.05) is 24.3 Å². The van der Waals surface area contributed by atoms with Gasteiger partial charge in [-0.1, -0.05) is 36.4 Å². The topological polar surface area (TPSA) is 95.0 Å². The van der Waals surface area contributed by atoms with Gasteiger partial charge in [0.05, 0.1) is 35.5 Å². The molecule has 7 heteroatoms. The molecule has 3 aliphatic rings. The van der Waals surface area contributed by atoms with Crippen LogP contribution in [0.5, 0.6) is 0 Å². The van der Waals surface area contributed by atoms with Crippen molar-refractivity contribution in [3.63, 3.8) is 0 Å². The number of carboxylic acids is 1. The Labute approximate surface area is 172 Å². The molecule has 3 amide bonds. The maximum atomic E-state index is 13.1. The van der Waals surface area contributed by atoms with E-state index in [4.69, 9.17) is 0 Å². The maximum Gasteiger partial charge on any atom is 0.307 e. The zero-order valence-electron chi connectivity index (χ0n) is 16.2. The van der Waals surface area contributed by atoms with Crippen molar-refractivity contribution in [2.45, 2.75) is 18.9 Å². The third kappa shape index (κ3) is 2.81. The average Bonchev–Trinajstić information content (AvgIpc) is 3.53. The third-order valence-electron chi connectivity index (χ3n) is 6.35. The van der Waals surface area contributed by atoms with Crippen molar-refractivity contribution < 1.29 is 24.3 Å². The Hall–Kier alpha value is -3.48. The summed E-state index contributed by atoms with van der Waals surface area (Å²) in [6.07, 6.45) is 0.997. The Bertz CT molecular complexity index is 1060. The third-order valence-corrected chi connectivity index (χ3v) is 6.35. The number of hydrogen-bond acceptors (Lipinski definition) is 4. The first-order valence-corrected chi connectivity index (χ1v) is 10.0. The lowest BCUT2D eigenvalue weighted by Gasteiger charge is -2.39. The first-order valence-electron chi connectivity index (χ1n) is 10.0. The fraction of sp³-hybridized carbons (Fsp3) is 0.304. The number of aliphatic carboxylic acids is 1. The van der Waals surface area contributed by atoms with E-state index in [9.17, 15) is 24.3 Å². The summed E-state index contributed by atoms with van der Waals surface area (Å²) >= 11 is 0. The predicted molar refractivity (Wildman–Crippen MR) is 106 cm³/mol. The van der Waals surface area contributed by atoms with Crippen molar-refractivity contribution in [1.82, 2.24) is 9.80 Å². The van der Waals surface area contributed by atoms with E-state index >= 15 is 0 Å². The fourth-order valence-corrected chi connectivity index (χ4v) is 4.64. The minimum Gasteiger partial charge on any atom is -0.481 e. The standard InChI is InChI=1S/C23H20N2O5/c26-20-15-7-3-4-8-16(15)21(27)25(20)12-19-14-6-2-1-5-13(14)9-10-24(19)22(28)17-11-18(17)23(29)30/h1-8,17-19H,9-12H2,(H,29,30)/t17?,18?,19-/m1/s1. The highest BCUT2D eigenvalue weighted by Crippen LogP contribution is 2.43. The smallest absolute Gasteiger partial charge is 0.307 e. The van der Waals surface area contributed by atoms with Gasteiger partial charge in [-0.25, -0.2) is 0 Å². The van der Waals surface area contributed by atoms with Gasteiger partial charge in [0.1, 0.15) is 0 Å². The van der Waals surface area contributed by atoms with Crippen LogP contribution in [-0.2, 0) is 16.0 Å². The monoisotopic (exact) mass is 404 g/mol. The molecular weight excluding hydrogens is 384 g/mol. The van der Waals surface area contributed by atoms with E-state index in [1.165, 1.54) is 4.90 Å². The van der Waals surface area contributed by atoms with Crippen LogP contribution < -0.4 is 0 Å². The van der Waals surface area contributed by atoms with E-state index in [0.29, 0.717) is 30.5 Å². The summed E-state index contributed by atoms with van der Waals surface area (Å²) in [6, 6.07) is 13.9. The fourth-order valence-electron chi connectivity index (χ4n) is 4.64. The normalized spacial score (nSPS) is 24.5. The van der Waals surface area contributed by atoms with Crippen molar-refractivity contribution in [2.24, 2.45) is 11.8 Å². The SMILES string of the molecule is O=C(O)C1CC1C(=O)N1CCc2ccccc2[C@H]1CN1C(=O)c2ccccc2C1=O.